The number of nitrogens with one attached hydrogen (secondary N) is 1. The van der Waals surface area contributed by atoms with Crippen molar-refractivity contribution in [3.8, 4) is 0 Å². The van der Waals surface area contributed by atoms with Gasteiger partial charge in [-0.15, -0.1) is 0 Å². The van der Waals surface area contributed by atoms with Gasteiger partial charge in [0.25, 0.3) is 0 Å². The van der Waals surface area contributed by atoms with Crippen LogP contribution in [0.2, 0.25) is 0 Å². The molecule has 0 bridgehead atoms. The van der Waals surface area contributed by atoms with Crippen LogP contribution in [-0.2, 0) is 11.2 Å². The molecule has 3 nitrogen and oxygen atoms in total. The third-order valence-corrected chi connectivity index (χ3v) is 4.63. The van der Waals surface area contributed by atoms with Crippen LogP contribution in [0.25, 0.3) is 0 Å². The molecular weight excluding hydrogens is 318 g/mol. The molecule has 1 aromatic rings. The molecule has 0 radical (unpaired) electrons. The summed E-state index contributed by atoms with van der Waals surface area (Å²) < 4.78 is 1.01. The summed E-state index contributed by atoms with van der Waals surface area (Å²) in [5.41, 5.74) is 0.275. The third-order valence-electron chi connectivity index (χ3n) is 4.10. The monoisotopic (exact) mass is 339 g/mol. The van der Waals surface area contributed by atoms with Gasteiger partial charge in [-0.25, -0.2) is 0 Å². The number of hydrogen-bond donors (Lipinski definition) is 2. The smallest absolute Gasteiger partial charge is 0.224 e. The maximum absolute atomic E-state index is 11.9. The molecule has 0 spiro atoms. The second-order valence-electron chi connectivity index (χ2n) is 5.99. The fourth-order valence-electron chi connectivity index (χ4n) is 2.59. The van der Waals surface area contributed by atoms with Gasteiger partial charge in [-0.05, 0) is 49.3 Å². The Morgan fingerprint density at radius 1 is 1.35 bits per heavy atom. The van der Waals surface area contributed by atoms with E-state index in [1.54, 1.807) is 0 Å². The Balaban J connectivity index is 1.79. The number of halogens is 1. The molecule has 0 aliphatic heterocycles. The lowest BCUT2D eigenvalue weighted by Gasteiger charge is -2.34. The van der Waals surface area contributed by atoms with E-state index in [1.807, 2.05) is 24.3 Å². The van der Waals surface area contributed by atoms with Crippen molar-refractivity contribution in [2.24, 2.45) is 5.92 Å². The second-order valence-corrected chi connectivity index (χ2v) is 6.90. The average molecular weight is 340 g/mol. The van der Waals surface area contributed by atoms with Crippen LogP contribution in [0.4, 0.5) is 0 Å². The van der Waals surface area contributed by atoms with Crippen LogP contribution in [0, 0.1) is 5.92 Å². The summed E-state index contributed by atoms with van der Waals surface area (Å²) in [6.45, 7) is 2.58. The summed E-state index contributed by atoms with van der Waals surface area (Å²) >= 11 is 3.37. The third kappa shape index (κ3) is 4.60. The van der Waals surface area contributed by atoms with Crippen molar-refractivity contribution in [2.45, 2.75) is 44.6 Å². The lowest BCUT2D eigenvalue weighted by molar-refractivity contribution is -0.122. The normalized spacial score (nSPS) is 26.2. The first-order valence-electron chi connectivity index (χ1n) is 7.20. The van der Waals surface area contributed by atoms with Crippen LogP contribution >= 0.6 is 15.9 Å². The fraction of sp³-hybridized carbons (Fsp3) is 0.562. The Morgan fingerprint density at radius 2 is 1.95 bits per heavy atom. The largest absolute Gasteiger partial charge is 0.388 e. The molecule has 0 unspecified atom stereocenters. The first-order chi connectivity index (χ1) is 9.47. The van der Waals surface area contributed by atoms with Gasteiger partial charge in [-0.2, -0.15) is 0 Å². The summed E-state index contributed by atoms with van der Waals surface area (Å²) in [5.74, 6) is 0.660. The van der Waals surface area contributed by atoms with E-state index in [2.05, 4.69) is 28.2 Å². The van der Waals surface area contributed by atoms with Crippen molar-refractivity contribution in [1.29, 1.82) is 0 Å². The van der Waals surface area contributed by atoms with Gasteiger partial charge >= 0.3 is 0 Å². The Morgan fingerprint density at radius 3 is 2.55 bits per heavy atom. The molecule has 1 aromatic carbocycles. The van der Waals surface area contributed by atoms with Gasteiger partial charge in [0.05, 0.1) is 12.0 Å². The molecule has 0 heterocycles. The summed E-state index contributed by atoms with van der Waals surface area (Å²) in [6.07, 6.45) is 4.01. The minimum Gasteiger partial charge on any atom is -0.388 e. The molecule has 0 saturated heterocycles. The maximum atomic E-state index is 11.9. The number of benzene rings is 1. The van der Waals surface area contributed by atoms with Crippen molar-refractivity contribution in [3.63, 3.8) is 0 Å². The maximum Gasteiger partial charge on any atom is 0.224 e. The Kier molecular flexibility index (Phi) is 5.22. The van der Waals surface area contributed by atoms with Crippen LogP contribution in [-0.4, -0.2) is 23.2 Å². The molecule has 4 heteroatoms. The van der Waals surface area contributed by atoms with Gasteiger partial charge in [-0.3, -0.25) is 4.79 Å². The van der Waals surface area contributed by atoms with Crippen LogP contribution in [0.1, 0.15) is 38.2 Å². The zero-order chi connectivity index (χ0) is 14.6. The van der Waals surface area contributed by atoms with Crippen molar-refractivity contribution >= 4 is 21.8 Å². The van der Waals surface area contributed by atoms with Gasteiger partial charge in [0.2, 0.25) is 5.91 Å². The van der Waals surface area contributed by atoms with E-state index in [-0.39, 0.29) is 5.91 Å². The van der Waals surface area contributed by atoms with Gasteiger partial charge in [0.1, 0.15) is 0 Å². The van der Waals surface area contributed by atoms with Crippen molar-refractivity contribution in [2.75, 3.05) is 6.54 Å². The van der Waals surface area contributed by atoms with Crippen LogP contribution < -0.4 is 5.32 Å². The standard InChI is InChI=1S/C16H22BrNO2/c1-12-6-8-16(20,9-7-12)11-18-15(19)10-13-2-4-14(17)5-3-13/h2-5,12,20H,6-11H2,1H3,(H,18,19). The molecule has 0 aromatic heterocycles. The highest BCUT2D eigenvalue weighted by atomic mass is 79.9. The second kappa shape index (κ2) is 6.72. The molecule has 1 fully saturated rings. The minimum atomic E-state index is -0.706. The van der Waals surface area contributed by atoms with E-state index in [4.69, 9.17) is 0 Å². The van der Waals surface area contributed by atoms with Gasteiger partial charge in [0.15, 0.2) is 0 Å². The summed E-state index contributed by atoms with van der Waals surface area (Å²) in [7, 11) is 0. The molecular formula is C16H22BrNO2. The highest BCUT2D eigenvalue weighted by Gasteiger charge is 2.31. The molecule has 2 N–H and O–H groups in total. The van der Waals surface area contributed by atoms with Crippen molar-refractivity contribution < 1.29 is 9.90 Å². The average Bonchev–Trinajstić information content (AvgIpc) is 2.43. The molecule has 1 aliphatic rings. The van der Waals surface area contributed by atoms with Crippen LogP contribution in [0.15, 0.2) is 28.7 Å². The highest BCUT2D eigenvalue weighted by Crippen LogP contribution is 2.31. The molecule has 1 amide bonds. The predicted octanol–water partition coefficient (Wildman–Crippen LogP) is 3.05. The first kappa shape index (κ1) is 15.5. The highest BCUT2D eigenvalue weighted by molar-refractivity contribution is 9.10. The summed E-state index contributed by atoms with van der Waals surface area (Å²) in [6, 6.07) is 7.72. The lowest BCUT2D eigenvalue weighted by atomic mass is 9.79. The lowest BCUT2D eigenvalue weighted by Crippen LogP contribution is -2.45. The number of aliphatic hydroxyl groups is 1. The van der Waals surface area contributed by atoms with Crippen LogP contribution in [0.5, 0.6) is 0 Å². The van der Waals surface area contributed by atoms with E-state index >= 15 is 0 Å². The molecule has 0 atom stereocenters. The number of amides is 1. The van der Waals surface area contributed by atoms with Crippen LogP contribution in [0.3, 0.4) is 0 Å². The minimum absolute atomic E-state index is 0.0284. The quantitative estimate of drug-likeness (QED) is 0.885. The molecule has 110 valence electrons. The number of carbonyl (C=O) groups is 1. The topological polar surface area (TPSA) is 49.3 Å². The van der Waals surface area contributed by atoms with Gasteiger partial charge < -0.3 is 10.4 Å². The Labute approximate surface area is 128 Å². The summed E-state index contributed by atoms with van der Waals surface area (Å²) in [4.78, 5) is 11.9. The Hall–Kier alpha value is -0.870. The van der Waals surface area contributed by atoms with Gasteiger partial charge in [-0.1, -0.05) is 35.0 Å². The molecule has 2 rings (SSSR count). The van der Waals surface area contributed by atoms with Gasteiger partial charge in [0, 0.05) is 11.0 Å². The van der Waals surface area contributed by atoms with Crippen molar-refractivity contribution in [1.82, 2.24) is 5.32 Å². The van der Waals surface area contributed by atoms with E-state index in [0.717, 1.165) is 35.7 Å². The molecule has 1 saturated carbocycles. The van der Waals surface area contributed by atoms with E-state index in [0.29, 0.717) is 18.9 Å². The predicted molar refractivity (Wildman–Crippen MR) is 83.4 cm³/mol. The van der Waals surface area contributed by atoms with E-state index in [9.17, 15) is 9.90 Å². The molecule has 1 aliphatic carbocycles. The first-order valence-corrected chi connectivity index (χ1v) is 8.00. The number of carbonyl (C=O) groups excluding carboxylic acids is 1. The van der Waals surface area contributed by atoms with Crippen molar-refractivity contribution in [3.05, 3.63) is 34.3 Å². The zero-order valence-corrected chi connectivity index (χ0v) is 13.4. The molecule has 20 heavy (non-hydrogen) atoms. The van der Waals surface area contributed by atoms with E-state index < -0.39 is 5.60 Å². The SMILES string of the molecule is CC1CCC(O)(CNC(=O)Cc2ccc(Br)cc2)CC1. The zero-order valence-electron chi connectivity index (χ0n) is 11.9. The van der Waals surface area contributed by atoms with E-state index in [1.165, 1.54) is 0 Å². The fourth-order valence-corrected chi connectivity index (χ4v) is 2.85. The summed E-state index contributed by atoms with van der Waals surface area (Å²) in [5, 5.41) is 13.3. The number of hydrogen-bond acceptors (Lipinski definition) is 2. The number of rotatable bonds is 4. The Bertz CT molecular complexity index is 450.